The van der Waals surface area contributed by atoms with E-state index in [4.69, 9.17) is 38.9 Å². The number of ether oxygens (including phenoxy) is 4. The predicted molar refractivity (Wildman–Crippen MR) is 226 cm³/mol. The number of hydrogen-bond donors (Lipinski definition) is 1. The van der Waals surface area contributed by atoms with E-state index in [1.54, 1.807) is 32.7 Å². The van der Waals surface area contributed by atoms with Gasteiger partial charge >= 0.3 is 0 Å². The number of anilines is 4. The minimum Gasteiger partial charge on any atom is -0.497 e. The molecule has 17 heteroatoms. The van der Waals surface area contributed by atoms with Crippen molar-refractivity contribution in [3.63, 3.8) is 0 Å². The van der Waals surface area contributed by atoms with Crippen LogP contribution in [0.2, 0.25) is 0 Å². The van der Waals surface area contributed by atoms with Gasteiger partial charge in [0.2, 0.25) is 21.9 Å². The zero-order valence-corrected chi connectivity index (χ0v) is 34.7. The van der Waals surface area contributed by atoms with Crippen LogP contribution in [-0.2, 0) is 45.7 Å². The van der Waals surface area contributed by atoms with Crippen molar-refractivity contribution in [2.45, 2.75) is 31.1 Å². The van der Waals surface area contributed by atoms with E-state index < -0.39 is 16.7 Å². The van der Waals surface area contributed by atoms with Crippen molar-refractivity contribution in [2.75, 3.05) is 101 Å². The van der Waals surface area contributed by atoms with Gasteiger partial charge in [-0.3, -0.25) is 4.90 Å². The van der Waals surface area contributed by atoms with Crippen LogP contribution in [0.4, 0.5) is 27.8 Å². The number of nitrogens with zero attached hydrogens (tertiary/aromatic N) is 8. The lowest BCUT2D eigenvalue weighted by atomic mass is 10.1. The Bertz CT molecular complexity index is 2280. The summed E-state index contributed by atoms with van der Waals surface area (Å²) in [6.45, 7) is 6.62. The number of methoxy groups -OCH3 is 2. The van der Waals surface area contributed by atoms with Crippen molar-refractivity contribution in [3.8, 4) is 22.8 Å². The Morgan fingerprint density at radius 1 is 0.800 bits per heavy atom. The van der Waals surface area contributed by atoms with E-state index in [9.17, 15) is 12.8 Å². The number of aromatic nitrogens is 4. The molecule has 2 fully saturated rings. The van der Waals surface area contributed by atoms with E-state index >= 15 is 0 Å². The molecule has 2 aromatic heterocycles. The SMILES string of the molecule is COc1ccc(CN(Cc2ccc(OC)cc2)c2ncc(-c3nc(N4CCOCC4)nc4c3CCN4c3ccc(S(=O)(=O)NCCN4CCOCC4)cc3CF)cn2)cc1. The molecule has 2 saturated heterocycles. The number of hydrogen-bond acceptors (Lipinski definition) is 14. The average Bonchev–Trinajstić information content (AvgIpc) is 3.73. The Kier molecular flexibility index (Phi) is 13.0. The molecule has 3 aliphatic heterocycles. The van der Waals surface area contributed by atoms with Crippen LogP contribution in [0, 0.1) is 0 Å². The van der Waals surface area contributed by atoms with Crippen LogP contribution in [0.15, 0.2) is 84.0 Å². The molecule has 3 aromatic carbocycles. The first-order valence-electron chi connectivity index (χ1n) is 20.1. The van der Waals surface area contributed by atoms with Gasteiger partial charge < -0.3 is 33.6 Å². The fourth-order valence-electron chi connectivity index (χ4n) is 7.67. The van der Waals surface area contributed by atoms with Gasteiger partial charge in [-0.25, -0.2) is 32.5 Å². The zero-order valence-electron chi connectivity index (χ0n) is 33.9. The van der Waals surface area contributed by atoms with Crippen molar-refractivity contribution in [3.05, 3.63) is 101 Å². The number of rotatable bonds is 16. The van der Waals surface area contributed by atoms with Crippen molar-refractivity contribution >= 4 is 33.4 Å². The van der Waals surface area contributed by atoms with Crippen LogP contribution < -0.4 is 28.9 Å². The quantitative estimate of drug-likeness (QED) is 0.146. The summed E-state index contributed by atoms with van der Waals surface area (Å²) in [6, 6.07) is 20.5. The highest BCUT2D eigenvalue weighted by Gasteiger charge is 2.31. The first kappa shape index (κ1) is 41.3. The van der Waals surface area contributed by atoms with Crippen molar-refractivity contribution in [1.29, 1.82) is 0 Å². The molecule has 60 heavy (non-hydrogen) atoms. The number of benzene rings is 3. The van der Waals surface area contributed by atoms with E-state index in [0.29, 0.717) is 101 Å². The third-order valence-corrected chi connectivity index (χ3v) is 12.4. The molecule has 5 heterocycles. The molecule has 15 nitrogen and oxygen atoms in total. The second-order valence-electron chi connectivity index (χ2n) is 14.8. The lowest BCUT2D eigenvalue weighted by molar-refractivity contribution is 0.0390. The lowest BCUT2D eigenvalue weighted by Gasteiger charge is -2.29. The summed E-state index contributed by atoms with van der Waals surface area (Å²) < 4.78 is 66.0. The molecular formula is C43H50FN9O6S. The number of fused-ring (bicyclic) bond motifs is 1. The van der Waals surface area contributed by atoms with Crippen molar-refractivity contribution < 1.29 is 31.8 Å². The van der Waals surface area contributed by atoms with E-state index in [1.165, 1.54) is 12.1 Å². The molecule has 5 aromatic rings. The van der Waals surface area contributed by atoms with E-state index in [-0.39, 0.29) is 17.0 Å². The smallest absolute Gasteiger partial charge is 0.240 e. The third kappa shape index (κ3) is 9.45. The van der Waals surface area contributed by atoms with Crippen LogP contribution >= 0.6 is 0 Å². The fraction of sp³-hybridized carbons (Fsp3) is 0.395. The molecular weight excluding hydrogens is 790 g/mol. The van der Waals surface area contributed by atoms with Gasteiger partial charge in [-0.15, -0.1) is 0 Å². The van der Waals surface area contributed by atoms with Crippen molar-refractivity contribution in [1.82, 2.24) is 29.6 Å². The minimum atomic E-state index is -3.87. The molecule has 316 valence electrons. The first-order valence-corrected chi connectivity index (χ1v) is 21.6. The van der Waals surface area contributed by atoms with Gasteiger partial charge in [-0.1, -0.05) is 24.3 Å². The molecule has 0 radical (unpaired) electrons. The molecule has 0 aliphatic carbocycles. The highest BCUT2D eigenvalue weighted by molar-refractivity contribution is 7.89. The molecule has 0 amide bonds. The summed E-state index contributed by atoms with van der Waals surface area (Å²) in [5, 5.41) is 0. The Balaban J connectivity index is 1.09. The Labute approximate surface area is 350 Å². The summed E-state index contributed by atoms with van der Waals surface area (Å²) in [7, 11) is -0.577. The number of nitrogens with one attached hydrogen (secondary N) is 1. The summed E-state index contributed by atoms with van der Waals surface area (Å²) in [5.74, 6) is 3.27. The van der Waals surface area contributed by atoms with Gasteiger partial charge in [0, 0.05) is 93.7 Å². The highest BCUT2D eigenvalue weighted by Crippen LogP contribution is 2.41. The molecule has 0 unspecified atom stereocenters. The van der Waals surface area contributed by atoms with Crippen LogP contribution in [0.5, 0.6) is 11.5 Å². The largest absolute Gasteiger partial charge is 0.497 e. The molecule has 3 aliphatic rings. The number of sulfonamides is 1. The maximum atomic E-state index is 14.9. The summed E-state index contributed by atoms with van der Waals surface area (Å²) in [5.41, 5.74) is 5.24. The maximum Gasteiger partial charge on any atom is 0.240 e. The van der Waals surface area contributed by atoms with Gasteiger partial charge in [0.1, 0.15) is 24.0 Å². The van der Waals surface area contributed by atoms with Gasteiger partial charge in [0.05, 0.1) is 51.2 Å². The van der Waals surface area contributed by atoms with Gasteiger partial charge in [-0.2, -0.15) is 4.98 Å². The van der Waals surface area contributed by atoms with Crippen LogP contribution in [-0.4, -0.2) is 120 Å². The van der Waals surface area contributed by atoms with Crippen molar-refractivity contribution in [2.24, 2.45) is 0 Å². The van der Waals surface area contributed by atoms with Crippen LogP contribution in [0.25, 0.3) is 11.3 Å². The second-order valence-corrected chi connectivity index (χ2v) is 16.5. The summed E-state index contributed by atoms with van der Waals surface area (Å²) in [4.78, 5) is 28.3. The molecule has 0 spiro atoms. The Morgan fingerprint density at radius 3 is 2.02 bits per heavy atom. The predicted octanol–water partition coefficient (Wildman–Crippen LogP) is 4.77. The molecule has 1 N–H and O–H groups in total. The summed E-state index contributed by atoms with van der Waals surface area (Å²) >= 11 is 0. The number of morpholine rings is 2. The third-order valence-electron chi connectivity index (χ3n) is 11.0. The minimum absolute atomic E-state index is 0.0166. The number of alkyl halides is 1. The molecule has 0 saturated carbocycles. The highest BCUT2D eigenvalue weighted by atomic mass is 32.2. The fourth-order valence-corrected chi connectivity index (χ4v) is 8.75. The standard InChI is InChI=1S/C43H50FN9O6S/c1-56-35-7-3-31(4-8-35)29-52(30-32-5-9-36(57-2)10-6-32)42-45-27-34(28-46-42)40-38-13-15-53(41(38)49-43(48-40)51-19-23-59-24-20-51)39-12-11-37(25-33(39)26-44)60(54,55)47-14-16-50-17-21-58-22-18-50/h3-12,25,27-28,47H,13-24,26,29-30H2,1-2H3. The van der Waals surface area contributed by atoms with E-state index in [0.717, 1.165) is 46.8 Å². The maximum absolute atomic E-state index is 14.9. The van der Waals surface area contributed by atoms with E-state index in [2.05, 4.69) is 19.4 Å². The summed E-state index contributed by atoms with van der Waals surface area (Å²) in [6.07, 6.45) is 4.17. The Hall–Kier alpha value is -5.46. The topological polar surface area (TPSA) is 148 Å². The second kappa shape index (κ2) is 18.9. The zero-order chi connectivity index (χ0) is 41.5. The Morgan fingerprint density at radius 2 is 1.42 bits per heavy atom. The lowest BCUT2D eigenvalue weighted by Crippen LogP contribution is -2.41. The van der Waals surface area contributed by atoms with Gasteiger partial charge in [-0.05, 0) is 60.0 Å². The molecule has 8 rings (SSSR count). The first-order chi connectivity index (χ1) is 29.3. The monoisotopic (exact) mass is 839 g/mol. The van der Waals surface area contributed by atoms with Crippen LogP contribution in [0.3, 0.4) is 0 Å². The average molecular weight is 840 g/mol. The number of halogens is 1. The van der Waals surface area contributed by atoms with Crippen LogP contribution in [0.1, 0.15) is 22.3 Å². The van der Waals surface area contributed by atoms with Gasteiger partial charge in [0.25, 0.3) is 0 Å². The normalized spacial score (nSPS) is 15.8. The van der Waals surface area contributed by atoms with E-state index in [1.807, 2.05) is 53.4 Å². The molecule has 0 atom stereocenters. The molecule has 0 bridgehead atoms. The van der Waals surface area contributed by atoms with Gasteiger partial charge in [0.15, 0.2) is 0 Å².